The van der Waals surface area contributed by atoms with Crippen LogP contribution in [0.1, 0.15) is 25.7 Å². The molecule has 7 nitrogen and oxygen atoms in total. The number of aliphatic hydroxyl groups excluding tert-OH is 1. The number of carbonyl (C=O) groups is 2. The summed E-state index contributed by atoms with van der Waals surface area (Å²) in [6.45, 7) is 1.08. The number of aliphatic hydroxyl groups is 1. The van der Waals surface area contributed by atoms with Gasteiger partial charge in [0.05, 0.1) is 24.9 Å². The maximum atomic E-state index is 12.3. The van der Waals surface area contributed by atoms with Crippen LogP contribution in [-0.2, 0) is 9.59 Å². The number of hydrogen-bond donors (Lipinski definition) is 3. The Morgan fingerprint density at radius 2 is 2.20 bits per heavy atom. The van der Waals surface area contributed by atoms with Gasteiger partial charge in [-0.2, -0.15) is 0 Å². The van der Waals surface area contributed by atoms with E-state index in [1.807, 2.05) is 0 Å². The number of anilines is 2. The number of ether oxygens (including phenoxy) is 1. The van der Waals surface area contributed by atoms with E-state index in [1.54, 1.807) is 30.2 Å². The van der Waals surface area contributed by atoms with Crippen LogP contribution in [0.15, 0.2) is 18.2 Å². The molecule has 2 aliphatic rings. The van der Waals surface area contributed by atoms with E-state index < -0.39 is 12.1 Å². The van der Waals surface area contributed by atoms with Crippen molar-refractivity contribution in [1.82, 2.24) is 5.32 Å². The summed E-state index contributed by atoms with van der Waals surface area (Å²) in [5.74, 6) is 0.494. The number of hydrogen-bond acceptors (Lipinski definition) is 5. The second-order valence-corrected chi connectivity index (χ2v) is 6.23. The summed E-state index contributed by atoms with van der Waals surface area (Å²) in [7, 11) is 1.56. The van der Waals surface area contributed by atoms with Gasteiger partial charge in [-0.15, -0.1) is 12.4 Å². The number of nitrogens with one attached hydrogen (secondary N) is 2. The zero-order chi connectivity index (χ0) is 17.1. The molecule has 1 aromatic rings. The van der Waals surface area contributed by atoms with Crippen LogP contribution >= 0.6 is 12.4 Å². The molecule has 0 spiro atoms. The van der Waals surface area contributed by atoms with Gasteiger partial charge in [0.1, 0.15) is 5.75 Å². The molecule has 8 heteroatoms. The average Bonchev–Trinajstić information content (AvgIpc) is 3.02. The predicted octanol–water partition coefficient (Wildman–Crippen LogP) is 1.30. The van der Waals surface area contributed by atoms with Crippen molar-refractivity contribution in [2.24, 2.45) is 0 Å². The van der Waals surface area contributed by atoms with Crippen LogP contribution in [-0.4, -0.2) is 49.3 Å². The van der Waals surface area contributed by atoms with E-state index in [4.69, 9.17) is 4.74 Å². The monoisotopic (exact) mass is 369 g/mol. The molecule has 1 aromatic carbocycles. The van der Waals surface area contributed by atoms with Crippen LogP contribution in [0.4, 0.5) is 11.4 Å². The molecule has 0 aromatic heterocycles. The Bertz CT molecular complexity index is 640. The SMILES string of the molecule is COc1ccc(NC(=O)C2CC(O)CN2)cc1N1CCCCC1=O.Cl. The molecular formula is C17H24ClN3O4. The van der Waals surface area contributed by atoms with Gasteiger partial charge in [0.2, 0.25) is 11.8 Å². The van der Waals surface area contributed by atoms with E-state index >= 15 is 0 Å². The van der Waals surface area contributed by atoms with E-state index in [0.29, 0.717) is 43.1 Å². The zero-order valence-electron chi connectivity index (χ0n) is 14.2. The van der Waals surface area contributed by atoms with Crippen LogP contribution < -0.4 is 20.3 Å². The maximum absolute atomic E-state index is 12.3. The number of nitrogens with zero attached hydrogens (tertiary/aromatic N) is 1. The maximum Gasteiger partial charge on any atom is 0.241 e. The minimum Gasteiger partial charge on any atom is -0.495 e. The molecule has 25 heavy (non-hydrogen) atoms. The molecule has 3 N–H and O–H groups in total. The summed E-state index contributed by atoms with van der Waals surface area (Å²) in [5, 5.41) is 15.3. The van der Waals surface area contributed by atoms with Gasteiger partial charge in [-0.1, -0.05) is 0 Å². The molecule has 2 aliphatic heterocycles. The van der Waals surface area contributed by atoms with Gasteiger partial charge in [0.25, 0.3) is 0 Å². The fourth-order valence-electron chi connectivity index (χ4n) is 3.19. The number of rotatable bonds is 4. The topological polar surface area (TPSA) is 90.9 Å². The minimum absolute atomic E-state index is 0. The van der Waals surface area contributed by atoms with E-state index in [1.165, 1.54) is 0 Å². The second-order valence-electron chi connectivity index (χ2n) is 6.23. The number of methoxy groups -OCH3 is 1. The van der Waals surface area contributed by atoms with Gasteiger partial charge in [0.15, 0.2) is 0 Å². The smallest absolute Gasteiger partial charge is 0.241 e. The molecule has 2 atom stereocenters. The van der Waals surface area contributed by atoms with E-state index in [-0.39, 0.29) is 24.2 Å². The second kappa shape index (κ2) is 8.51. The van der Waals surface area contributed by atoms with Crippen LogP contribution in [0.5, 0.6) is 5.75 Å². The number of benzene rings is 1. The van der Waals surface area contributed by atoms with Gasteiger partial charge in [-0.25, -0.2) is 0 Å². The third kappa shape index (κ3) is 4.42. The molecule has 2 amide bonds. The summed E-state index contributed by atoms with van der Waals surface area (Å²) in [4.78, 5) is 26.2. The third-order valence-electron chi connectivity index (χ3n) is 4.48. The van der Waals surface area contributed by atoms with Gasteiger partial charge >= 0.3 is 0 Å². The van der Waals surface area contributed by atoms with Gasteiger partial charge in [-0.3, -0.25) is 9.59 Å². The van der Waals surface area contributed by atoms with Crippen molar-refractivity contribution >= 4 is 35.6 Å². The highest BCUT2D eigenvalue weighted by Crippen LogP contribution is 2.33. The van der Waals surface area contributed by atoms with Crippen molar-refractivity contribution in [2.45, 2.75) is 37.8 Å². The van der Waals surface area contributed by atoms with Gasteiger partial charge in [-0.05, 0) is 37.5 Å². The van der Waals surface area contributed by atoms with E-state index in [2.05, 4.69) is 10.6 Å². The van der Waals surface area contributed by atoms with E-state index in [0.717, 1.165) is 12.8 Å². The molecule has 2 heterocycles. The summed E-state index contributed by atoms with van der Waals surface area (Å²) in [6.07, 6.45) is 2.31. The number of halogens is 1. The number of β-amino-alcohol motifs (C(OH)–C–C–N with tert-alkyl or cyclic N) is 1. The average molecular weight is 370 g/mol. The normalized spacial score (nSPS) is 23.1. The van der Waals surface area contributed by atoms with Crippen LogP contribution in [0.25, 0.3) is 0 Å². The Morgan fingerprint density at radius 1 is 1.40 bits per heavy atom. The van der Waals surface area contributed by atoms with Crippen molar-refractivity contribution in [2.75, 3.05) is 30.4 Å². The van der Waals surface area contributed by atoms with Crippen molar-refractivity contribution < 1.29 is 19.4 Å². The molecule has 0 bridgehead atoms. The zero-order valence-corrected chi connectivity index (χ0v) is 15.0. The lowest BCUT2D eigenvalue weighted by Gasteiger charge is -2.28. The predicted molar refractivity (Wildman–Crippen MR) is 97.5 cm³/mol. The van der Waals surface area contributed by atoms with Crippen LogP contribution in [0, 0.1) is 0 Å². The molecule has 0 saturated carbocycles. The molecule has 2 fully saturated rings. The highest BCUT2D eigenvalue weighted by molar-refractivity contribution is 5.98. The quantitative estimate of drug-likeness (QED) is 0.744. The van der Waals surface area contributed by atoms with Crippen molar-refractivity contribution in [1.29, 1.82) is 0 Å². The lowest BCUT2D eigenvalue weighted by atomic mass is 10.1. The molecule has 2 unspecified atom stereocenters. The van der Waals surface area contributed by atoms with Crippen molar-refractivity contribution in [3.63, 3.8) is 0 Å². The lowest BCUT2D eigenvalue weighted by molar-refractivity contribution is -0.119. The first kappa shape index (κ1) is 19.5. The highest BCUT2D eigenvalue weighted by atomic mass is 35.5. The third-order valence-corrected chi connectivity index (χ3v) is 4.48. The first-order chi connectivity index (χ1) is 11.6. The Hall–Kier alpha value is -1.83. The summed E-state index contributed by atoms with van der Waals surface area (Å²) in [5.41, 5.74) is 1.29. The van der Waals surface area contributed by atoms with E-state index in [9.17, 15) is 14.7 Å². The van der Waals surface area contributed by atoms with Crippen molar-refractivity contribution in [3.05, 3.63) is 18.2 Å². The summed E-state index contributed by atoms with van der Waals surface area (Å²) < 4.78 is 5.37. The van der Waals surface area contributed by atoms with Crippen molar-refractivity contribution in [3.8, 4) is 5.75 Å². The fourth-order valence-corrected chi connectivity index (χ4v) is 3.19. The number of amides is 2. The van der Waals surface area contributed by atoms with Crippen LogP contribution in [0.3, 0.4) is 0 Å². The Balaban J connectivity index is 0.00000225. The Kier molecular flexibility index (Phi) is 6.64. The molecule has 0 aliphatic carbocycles. The summed E-state index contributed by atoms with van der Waals surface area (Å²) >= 11 is 0. The van der Waals surface area contributed by atoms with Gasteiger partial charge < -0.3 is 25.4 Å². The Morgan fingerprint density at radius 3 is 2.84 bits per heavy atom. The standard InChI is InChI=1S/C17H23N3O4.ClH/c1-24-15-6-5-11(19-17(23)13-9-12(21)10-18-13)8-14(15)20-7-3-2-4-16(20)22;/h5-6,8,12-13,18,21H,2-4,7,9-10H2,1H3,(H,19,23);1H. The first-order valence-corrected chi connectivity index (χ1v) is 8.29. The molecule has 3 rings (SSSR count). The minimum atomic E-state index is -0.488. The van der Waals surface area contributed by atoms with Crippen LogP contribution in [0.2, 0.25) is 0 Å². The Labute approximate surface area is 153 Å². The lowest BCUT2D eigenvalue weighted by Crippen LogP contribution is -2.36. The largest absolute Gasteiger partial charge is 0.495 e. The fraction of sp³-hybridized carbons (Fsp3) is 0.529. The molecule has 138 valence electrons. The number of carbonyl (C=O) groups excluding carboxylic acids is 2. The highest BCUT2D eigenvalue weighted by Gasteiger charge is 2.28. The molecule has 0 radical (unpaired) electrons. The molecule has 2 saturated heterocycles. The van der Waals surface area contributed by atoms with Gasteiger partial charge in [0, 0.05) is 25.2 Å². The summed E-state index contributed by atoms with van der Waals surface area (Å²) in [6, 6.07) is 4.87. The first-order valence-electron chi connectivity index (χ1n) is 8.29. The molecular weight excluding hydrogens is 346 g/mol. The number of piperidine rings is 1.